The molecule has 5 heteroatoms. The van der Waals surface area contributed by atoms with Crippen LogP contribution >= 0.6 is 0 Å². The van der Waals surface area contributed by atoms with Gasteiger partial charge in [0.05, 0.1) is 17.6 Å². The molecule has 1 aromatic carbocycles. The van der Waals surface area contributed by atoms with E-state index in [0.29, 0.717) is 12.5 Å². The maximum absolute atomic E-state index is 12.4. The Hall–Kier alpha value is -1.88. The normalized spacial score (nSPS) is 26.7. The van der Waals surface area contributed by atoms with E-state index >= 15 is 0 Å². The first-order chi connectivity index (χ1) is 10.8. The first kappa shape index (κ1) is 13.8. The first-order valence-electron chi connectivity index (χ1n) is 8.20. The van der Waals surface area contributed by atoms with Crippen molar-refractivity contribution in [1.82, 2.24) is 20.2 Å². The van der Waals surface area contributed by atoms with Crippen molar-refractivity contribution in [1.29, 1.82) is 0 Å². The molecule has 1 aromatic heterocycles. The lowest BCUT2D eigenvalue weighted by atomic mass is 9.66. The second kappa shape index (κ2) is 5.39. The molecule has 3 atom stereocenters. The summed E-state index contributed by atoms with van der Waals surface area (Å²) >= 11 is 0. The van der Waals surface area contributed by atoms with Crippen molar-refractivity contribution in [2.75, 3.05) is 13.1 Å². The minimum atomic E-state index is 0.194. The fourth-order valence-electron chi connectivity index (χ4n) is 4.00. The van der Waals surface area contributed by atoms with E-state index in [9.17, 15) is 4.79 Å². The molecule has 22 heavy (non-hydrogen) atoms. The average molecular weight is 298 g/mol. The number of aromatic nitrogens is 2. The number of hydrogen-bond donors (Lipinski definition) is 2. The van der Waals surface area contributed by atoms with Crippen LogP contribution in [0.2, 0.25) is 0 Å². The van der Waals surface area contributed by atoms with Gasteiger partial charge in [-0.15, -0.1) is 0 Å². The number of benzene rings is 1. The number of carbonyl (C=O) groups is 1. The van der Waals surface area contributed by atoms with Crippen LogP contribution in [-0.4, -0.2) is 28.5 Å². The standard InChI is InChI=1S/C17H22N4O/c1-2-21-15-6-4-3-5-14(15)20-16(21)10-19-17(22)12-7-11-8-18-9-13(11)12/h3-6,11-13,18H,2,7-10H2,1H3,(H,19,22)/t11-,12+,13+/m0/s1. The minimum Gasteiger partial charge on any atom is -0.349 e. The zero-order chi connectivity index (χ0) is 15.1. The molecular formula is C17H22N4O. The Labute approximate surface area is 130 Å². The number of carbonyl (C=O) groups excluding carboxylic acids is 1. The zero-order valence-electron chi connectivity index (χ0n) is 12.9. The van der Waals surface area contributed by atoms with Gasteiger partial charge in [0.1, 0.15) is 5.82 Å². The summed E-state index contributed by atoms with van der Waals surface area (Å²) in [5, 5.41) is 6.48. The molecule has 2 N–H and O–H groups in total. The average Bonchev–Trinajstić information content (AvgIpc) is 3.05. The van der Waals surface area contributed by atoms with Gasteiger partial charge in [-0.3, -0.25) is 4.79 Å². The van der Waals surface area contributed by atoms with Crippen LogP contribution in [0.5, 0.6) is 0 Å². The van der Waals surface area contributed by atoms with E-state index in [1.165, 1.54) is 0 Å². The number of para-hydroxylation sites is 2. The largest absolute Gasteiger partial charge is 0.349 e. The third-order valence-electron chi connectivity index (χ3n) is 5.27. The predicted molar refractivity (Wildman–Crippen MR) is 85.2 cm³/mol. The molecule has 4 rings (SSSR count). The molecule has 1 aliphatic carbocycles. The number of amides is 1. The second-order valence-corrected chi connectivity index (χ2v) is 6.40. The van der Waals surface area contributed by atoms with Crippen molar-refractivity contribution in [3.05, 3.63) is 30.1 Å². The summed E-state index contributed by atoms with van der Waals surface area (Å²) in [7, 11) is 0. The number of imidazole rings is 1. The molecule has 2 heterocycles. The van der Waals surface area contributed by atoms with Crippen LogP contribution in [0.25, 0.3) is 11.0 Å². The molecule has 1 aliphatic heterocycles. The van der Waals surface area contributed by atoms with Crippen LogP contribution in [0.3, 0.4) is 0 Å². The van der Waals surface area contributed by atoms with Crippen LogP contribution in [-0.2, 0) is 17.9 Å². The molecule has 1 saturated heterocycles. The highest BCUT2D eigenvalue weighted by Gasteiger charge is 2.47. The molecule has 0 unspecified atom stereocenters. The van der Waals surface area contributed by atoms with Gasteiger partial charge in [0.15, 0.2) is 0 Å². The SMILES string of the molecule is CCn1c(CNC(=O)[C@@H]2C[C@H]3CNC[C@H]32)nc2ccccc21. The summed E-state index contributed by atoms with van der Waals surface area (Å²) in [5.41, 5.74) is 2.13. The fraction of sp³-hybridized carbons (Fsp3) is 0.529. The summed E-state index contributed by atoms with van der Waals surface area (Å²) in [6.45, 7) is 5.57. The Morgan fingerprint density at radius 1 is 1.41 bits per heavy atom. The van der Waals surface area contributed by atoms with Crippen molar-refractivity contribution in [2.24, 2.45) is 17.8 Å². The smallest absolute Gasteiger partial charge is 0.223 e. The van der Waals surface area contributed by atoms with Crippen molar-refractivity contribution in [3.8, 4) is 0 Å². The number of nitrogens with one attached hydrogen (secondary N) is 2. The van der Waals surface area contributed by atoms with Gasteiger partial charge in [0, 0.05) is 12.5 Å². The second-order valence-electron chi connectivity index (χ2n) is 6.40. The molecule has 116 valence electrons. The molecular weight excluding hydrogens is 276 g/mol. The summed E-state index contributed by atoms with van der Waals surface area (Å²) in [6, 6.07) is 8.13. The van der Waals surface area contributed by atoms with E-state index < -0.39 is 0 Å². The molecule has 0 radical (unpaired) electrons. The summed E-state index contributed by atoms with van der Waals surface area (Å²) in [6.07, 6.45) is 1.04. The molecule has 2 aromatic rings. The summed E-state index contributed by atoms with van der Waals surface area (Å²) in [5.74, 6) is 2.59. The number of fused-ring (bicyclic) bond motifs is 2. The third kappa shape index (κ3) is 2.11. The quantitative estimate of drug-likeness (QED) is 0.900. The highest BCUT2D eigenvalue weighted by atomic mass is 16.1. The van der Waals surface area contributed by atoms with Gasteiger partial charge in [-0.2, -0.15) is 0 Å². The highest BCUT2D eigenvalue weighted by Crippen LogP contribution is 2.42. The Bertz CT molecular complexity index is 708. The van der Waals surface area contributed by atoms with Crippen LogP contribution < -0.4 is 10.6 Å². The number of aryl methyl sites for hydroxylation is 1. The summed E-state index contributed by atoms with van der Waals surface area (Å²) in [4.78, 5) is 17.0. The van der Waals surface area contributed by atoms with E-state index in [2.05, 4.69) is 33.2 Å². The molecule has 0 bridgehead atoms. The van der Waals surface area contributed by atoms with Gasteiger partial charge in [-0.05, 0) is 50.4 Å². The van der Waals surface area contributed by atoms with E-state index in [4.69, 9.17) is 0 Å². The summed E-state index contributed by atoms with van der Waals surface area (Å²) < 4.78 is 2.18. The number of nitrogens with zero attached hydrogens (tertiary/aromatic N) is 2. The maximum Gasteiger partial charge on any atom is 0.223 e. The lowest BCUT2D eigenvalue weighted by Crippen LogP contribution is -2.45. The van der Waals surface area contributed by atoms with Gasteiger partial charge in [0.25, 0.3) is 0 Å². The topological polar surface area (TPSA) is 59.0 Å². The first-order valence-corrected chi connectivity index (χ1v) is 8.20. The minimum absolute atomic E-state index is 0.194. The van der Waals surface area contributed by atoms with Gasteiger partial charge >= 0.3 is 0 Å². The van der Waals surface area contributed by atoms with Crippen LogP contribution in [0.1, 0.15) is 19.2 Å². The lowest BCUT2D eigenvalue weighted by molar-refractivity contribution is -0.131. The number of hydrogen-bond acceptors (Lipinski definition) is 3. The van der Waals surface area contributed by atoms with Crippen LogP contribution in [0, 0.1) is 17.8 Å². The van der Waals surface area contributed by atoms with E-state index in [0.717, 1.165) is 48.8 Å². The molecule has 2 aliphatic rings. The third-order valence-corrected chi connectivity index (χ3v) is 5.27. The fourth-order valence-corrected chi connectivity index (χ4v) is 4.00. The zero-order valence-corrected chi connectivity index (χ0v) is 12.9. The number of rotatable bonds is 4. The molecule has 5 nitrogen and oxygen atoms in total. The van der Waals surface area contributed by atoms with Gasteiger partial charge < -0.3 is 15.2 Å². The van der Waals surface area contributed by atoms with Crippen molar-refractivity contribution in [3.63, 3.8) is 0 Å². The predicted octanol–water partition coefficient (Wildman–Crippen LogP) is 1.53. The Morgan fingerprint density at radius 2 is 2.27 bits per heavy atom. The highest BCUT2D eigenvalue weighted by molar-refractivity contribution is 5.80. The van der Waals surface area contributed by atoms with Crippen molar-refractivity contribution in [2.45, 2.75) is 26.4 Å². The van der Waals surface area contributed by atoms with E-state index in [-0.39, 0.29) is 11.8 Å². The molecule has 0 spiro atoms. The van der Waals surface area contributed by atoms with Crippen LogP contribution in [0.4, 0.5) is 0 Å². The Morgan fingerprint density at radius 3 is 3.09 bits per heavy atom. The Kier molecular flexibility index (Phi) is 3.37. The van der Waals surface area contributed by atoms with E-state index in [1.54, 1.807) is 0 Å². The Balaban J connectivity index is 1.46. The van der Waals surface area contributed by atoms with E-state index in [1.807, 2.05) is 18.2 Å². The van der Waals surface area contributed by atoms with Crippen molar-refractivity contribution >= 4 is 16.9 Å². The van der Waals surface area contributed by atoms with Gasteiger partial charge in [-0.1, -0.05) is 12.1 Å². The van der Waals surface area contributed by atoms with Gasteiger partial charge in [-0.25, -0.2) is 4.98 Å². The maximum atomic E-state index is 12.4. The molecule has 1 saturated carbocycles. The lowest BCUT2D eigenvalue weighted by Gasteiger charge is -2.38. The molecule has 1 amide bonds. The molecule has 2 fully saturated rings. The van der Waals surface area contributed by atoms with Crippen molar-refractivity contribution < 1.29 is 4.79 Å². The monoisotopic (exact) mass is 298 g/mol. The van der Waals surface area contributed by atoms with Crippen LogP contribution in [0.15, 0.2) is 24.3 Å². The van der Waals surface area contributed by atoms with Gasteiger partial charge in [0.2, 0.25) is 5.91 Å².